The van der Waals surface area contributed by atoms with E-state index in [1.54, 1.807) is 0 Å². The summed E-state index contributed by atoms with van der Waals surface area (Å²) in [6.45, 7) is 0.203. The quantitative estimate of drug-likeness (QED) is 0.750. The second-order valence-corrected chi connectivity index (χ2v) is 9.32. The molecule has 4 rings (SSSR count). The van der Waals surface area contributed by atoms with Crippen molar-refractivity contribution in [1.82, 2.24) is 4.72 Å². The number of hydrogen-bond acceptors (Lipinski definition) is 4. The Morgan fingerprint density at radius 3 is 2.62 bits per heavy atom. The zero-order chi connectivity index (χ0) is 20.6. The first-order chi connectivity index (χ1) is 13.8. The Labute approximate surface area is 169 Å². The number of nitrogens with zero attached hydrogens (tertiary/aromatic N) is 1. The van der Waals surface area contributed by atoms with Crippen molar-refractivity contribution in [2.75, 3.05) is 11.4 Å². The van der Waals surface area contributed by atoms with E-state index in [0.29, 0.717) is 6.42 Å². The van der Waals surface area contributed by atoms with E-state index in [2.05, 4.69) is 4.72 Å². The molecule has 8 heteroatoms. The number of nitrogens with one attached hydrogen (secondary N) is 1. The molecule has 1 saturated carbocycles. The van der Waals surface area contributed by atoms with E-state index in [-0.39, 0.29) is 23.8 Å². The van der Waals surface area contributed by atoms with Gasteiger partial charge in [-0.1, -0.05) is 24.6 Å². The van der Waals surface area contributed by atoms with Gasteiger partial charge in [-0.3, -0.25) is 4.79 Å². The smallest absolute Gasteiger partial charge is 0.305 e. The predicted octanol–water partition coefficient (Wildman–Crippen LogP) is 3.45. The summed E-state index contributed by atoms with van der Waals surface area (Å²) in [7, 11) is -3.94. The summed E-state index contributed by atoms with van der Waals surface area (Å²) in [4.78, 5) is 13.2. The van der Waals surface area contributed by atoms with E-state index in [0.717, 1.165) is 42.6 Å². The molecule has 0 aromatic heterocycles. The van der Waals surface area contributed by atoms with Crippen LogP contribution in [0.4, 0.5) is 10.1 Å². The van der Waals surface area contributed by atoms with Crippen molar-refractivity contribution in [3.8, 4) is 0 Å². The Morgan fingerprint density at radius 2 is 1.90 bits per heavy atom. The van der Waals surface area contributed by atoms with Gasteiger partial charge in [0.2, 0.25) is 10.0 Å². The number of para-hydroxylation sites is 1. The number of sulfonamides is 1. The molecule has 0 bridgehead atoms. The molecular formula is C21H23FN2O4S. The molecular weight excluding hydrogens is 395 g/mol. The second kappa shape index (κ2) is 7.42. The van der Waals surface area contributed by atoms with Gasteiger partial charge in [-0.25, -0.2) is 12.8 Å². The summed E-state index contributed by atoms with van der Waals surface area (Å²) in [5, 5.41) is 9.24. The van der Waals surface area contributed by atoms with Crippen molar-refractivity contribution in [2.45, 2.75) is 48.6 Å². The number of carboxylic acids is 1. The van der Waals surface area contributed by atoms with Crippen molar-refractivity contribution in [3.05, 3.63) is 59.9 Å². The lowest BCUT2D eigenvalue weighted by atomic mass is 9.78. The van der Waals surface area contributed by atoms with Crippen LogP contribution >= 0.6 is 0 Å². The van der Waals surface area contributed by atoms with Crippen LogP contribution in [0.5, 0.6) is 0 Å². The number of halogens is 1. The van der Waals surface area contributed by atoms with Crippen LogP contribution in [-0.4, -0.2) is 31.7 Å². The Morgan fingerprint density at radius 1 is 1.17 bits per heavy atom. The molecule has 6 nitrogen and oxygen atoms in total. The number of fused-ring (bicyclic) bond motifs is 3. The molecule has 2 aliphatic rings. The zero-order valence-electron chi connectivity index (χ0n) is 15.8. The van der Waals surface area contributed by atoms with Gasteiger partial charge >= 0.3 is 5.97 Å². The molecule has 1 aliphatic carbocycles. The van der Waals surface area contributed by atoms with E-state index < -0.39 is 27.5 Å². The number of hydrogen-bond donors (Lipinski definition) is 2. The van der Waals surface area contributed by atoms with Crippen LogP contribution < -0.4 is 9.62 Å². The van der Waals surface area contributed by atoms with Gasteiger partial charge in [0.25, 0.3) is 0 Å². The van der Waals surface area contributed by atoms with Crippen LogP contribution in [-0.2, 0) is 14.8 Å². The number of aliphatic carboxylic acids is 1. The van der Waals surface area contributed by atoms with Gasteiger partial charge in [0, 0.05) is 18.2 Å². The minimum atomic E-state index is -3.94. The summed E-state index contributed by atoms with van der Waals surface area (Å²) < 4.78 is 42.6. The zero-order valence-corrected chi connectivity index (χ0v) is 16.7. The summed E-state index contributed by atoms with van der Waals surface area (Å²) in [6, 6.07) is 12.5. The first-order valence-electron chi connectivity index (χ1n) is 9.71. The number of rotatable bonds is 6. The first kappa shape index (κ1) is 19.8. The third kappa shape index (κ3) is 3.51. The topological polar surface area (TPSA) is 86.7 Å². The van der Waals surface area contributed by atoms with Crippen molar-refractivity contribution >= 4 is 21.7 Å². The van der Waals surface area contributed by atoms with Crippen molar-refractivity contribution < 1.29 is 22.7 Å². The molecule has 29 heavy (non-hydrogen) atoms. The van der Waals surface area contributed by atoms with E-state index >= 15 is 0 Å². The fourth-order valence-corrected chi connectivity index (χ4v) is 6.18. The molecule has 2 aromatic rings. The van der Waals surface area contributed by atoms with Gasteiger partial charge in [-0.15, -0.1) is 0 Å². The Balaban J connectivity index is 1.78. The van der Waals surface area contributed by atoms with Gasteiger partial charge in [0.05, 0.1) is 11.3 Å². The minimum absolute atomic E-state index is 0.00765. The van der Waals surface area contributed by atoms with E-state index in [4.69, 9.17) is 0 Å². The largest absolute Gasteiger partial charge is 0.481 e. The fourth-order valence-electron chi connectivity index (χ4n) is 4.74. The van der Waals surface area contributed by atoms with Gasteiger partial charge in [0.15, 0.2) is 0 Å². The van der Waals surface area contributed by atoms with Crippen LogP contribution in [0.3, 0.4) is 0 Å². The van der Waals surface area contributed by atoms with Crippen molar-refractivity contribution in [2.24, 2.45) is 0 Å². The average molecular weight is 418 g/mol. The summed E-state index contributed by atoms with van der Waals surface area (Å²) in [5.74, 6) is -1.51. The monoisotopic (exact) mass is 418 g/mol. The van der Waals surface area contributed by atoms with Crippen LogP contribution in [0.15, 0.2) is 53.4 Å². The maximum absolute atomic E-state index is 13.3. The maximum atomic E-state index is 13.3. The summed E-state index contributed by atoms with van der Waals surface area (Å²) in [5.41, 5.74) is 0.992. The highest BCUT2D eigenvalue weighted by atomic mass is 32.2. The lowest BCUT2D eigenvalue weighted by molar-refractivity contribution is -0.136. The van der Waals surface area contributed by atoms with Crippen LogP contribution in [0.25, 0.3) is 0 Å². The molecule has 2 unspecified atom stereocenters. The first-order valence-corrected chi connectivity index (χ1v) is 11.2. The molecule has 2 N–H and O–H groups in total. The average Bonchev–Trinajstić information content (AvgIpc) is 2.95. The molecule has 2 atom stereocenters. The number of carboxylic acid groups (broad SMARTS) is 1. The standard InChI is InChI=1S/C21H23FN2O4S/c22-15-8-10-16(11-9-15)29(27,28)23-21-13-4-3-6-18(21)17-5-1-2-7-19(17)24(21)14-12-20(25)26/h1-2,5,7-11,18,23H,3-4,6,12-14H2,(H,25,26). The lowest BCUT2D eigenvalue weighted by Crippen LogP contribution is -2.62. The maximum Gasteiger partial charge on any atom is 0.305 e. The van der Waals surface area contributed by atoms with Crippen LogP contribution in [0, 0.1) is 5.82 Å². The van der Waals surface area contributed by atoms with Gasteiger partial charge < -0.3 is 10.0 Å². The second-order valence-electron chi connectivity index (χ2n) is 7.64. The van der Waals surface area contributed by atoms with Gasteiger partial charge in [-0.05, 0) is 55.2 Å². The molecule has 0 amide bonds. The van der Waals surface area contributed by atoms with E-state index in [1.807, 2.05) is 29.2 Å². The molecule has 2 aromatic carbocycles. The highest BCUT2D eigenvalue weighted by Gasteiger charge is 2.54. The number of carbonyl (C=O) groups is 1. The normalized spacial score (nSPS) is 23.5. The highest BCUT2D eigenvalue weighted by molar-refractivity contribution is 7.89. The summed E-state index contributed by atoms with van der Waals surface area (Å²) >= 11 is 0. The molecule has 154 valence electrons. The number of benzene rings is 2. The Bertz CT molecular complexity index is 1030. The molecule has 1 aliphatic heterocycles. The van der Waals surface area contributed by atoms with Crippen molar-refractivity contribution in [1.29, 1.82) is 0 Å². The Kier molecular flexibility index (Phi) is 5.08. The predicted molar refractivity (Wildman–Crippen MR) is 107 cm³/mol. The van der Waals surface area contributed by atoms with Gasteiger partial charge in [0.1, 0.15) is 11.5 Å². The third-order valence-corrected chi connectivity index (χ3v) is 7.46. The molecule has 1 heterocycles. The Hall–Kier alpha value is -2.45. The SMILES string of the molecule is O=C(O)CCN1c2ccccc2C2CCCCC21NS(=O)(=O)c1ccc(F)cc1. The van der Waals surface area contributed by atoms with Gasteiger partial charge in [-0.2, -0.15) is 4.72 Å². The highest BCUT2D eigenvalue weighted by Crippen LogP contribution is 2.53. The molecule has 0 spiro atoms. The van der Waals surface area contributed by atoms with E-state index in [1.165, 1.54) is 12.1 Å². The minimum Gasteiger partial charge on any atom is -0.481 e. The lowest BCUT2D eigenvalue weighted by Gasteiger charge is -2.46. The molecule has 0 saturated heterocycles. The fraction of sp³-hybridized carbons (Fsp3) is 0.381. The molecule has 1 fully saturated rings. The summed E-state index contributed by atoms with van der Waals surface area (Å²) in [6.07, 6.45) is 3.10. The third-order valence-electron chi connectivity index (χ3n) is 5.95. The van der Waals surface area contributed by atoms with Crippen molar-refractivity contribution in [3.63, 3.8) is 0 Å². The van der Waals surface area contributed by atoms with E-state index in [9.17, 15) is 22.7 Å². The number of anilines is 1. The van der Waals surface area contributed by atoms with Crippen LogP contribution in [0.2, 0.25) is 0 Å². The molecule has 0 radical (unpaired) electrons. The van der Waals surface area contributed by atoms with Crippen LogP contribution in [0.1, 0.15) is 43.6 Å².